The molecule has 0 atom stereocenters. The zero-order valence-corrected chi connectivity index (χ0v) is 16.9. The highest BCUT2D eigenvalue weighted by atomic mass is 19.3. The highest BCUT2D eigenvalue weighted by Gasteiger charge is 2.43. The average molecular weight is 442 g/mol. The second kappa shape index (κ2) is 11.2. The number of hydrogen-bond donors (Lipinski definition) is 1. The monoisotopic (exact) mass is 442 g/mol. The zero-order valence-electron chi connectivity index (χ0n) is 16.9. The third-order valence-corrected chi connectivity index (χ3v) is 3.95. The van der Waals surface area contributed by atoms with E-state index in [1.807, 2.05) is 0 Å². The van der Waals surface area contributed by atoms with E-state index in [9.17, 15) is 22.4 Å². The molecule has 0 fully saturated rings. The van der Waals surface area contributed by atoms with Crippen LogP contribution in [0.25, 0.3) is 0 Å². The number of hydrogen-bond acceptors (Lipinski definition) is 5. The summed E-state index contributed by atoms with van der Waals surface area (Å²) in [6, 6.07) is 9.40. The van der Waals surface area contributed by atoms with Crippen LogP contribution in [0.4, 0.5) is 17.6 Å². The molecule has 2 aromatic rings. The number of hydrazone groups is 1. The molecule has 6 nitrogen and oxygen atoms in total. The summed E-state index contributed by atoms with van der Waals surface area (Å²) in [7, 11) is 1.51. The van der Waals surface area contributed by atoms with Gasteiger partial charge in [-0.3, -0.25) is 4.79 Å². The molecule has 10 heteroatoms. The lowest BCUT2D eigenvalue weighted by molar-refractivity contribution is -0.253. The van der Waals surface area contributed by atoms with Gasteiger partial charge in [-0.1, -0.05) is 13.3 Å². The summed E-state index contributed by atoms with van der Waals surface area (Å²) < 4.78 is 64.9. The molecule has 0 saturated heterocycles. The second-order valence-electron chi connectivity index (χ2n) is 6.30. The molecule has 0 aliphatic rings. The van der Waals surface area contributed by atoms with Gasteiger partial charge < -0.3 is 14.2 Å². The Morgan fingerprint density at radius 3 is 2.48 bits per heavy atom. The predicted octanol–water partition coefficient (Wildman–Crippen LogP) is 4.87. The van der Waals surface area contributed by atoms with Crippen LogP contribution in [0.5, 0.6) is 17.2 Å². The molecule has 0 aromatic heterocycles. The fourth-order valence-corrected chi connectivity index (χ4v) is 2.32. The number of amides is 1. The zero-order chi connectivity index (χ0) is 22.9. The minimum atomic E-state index is -4.62. The summed E-state index contributed by atoms with van der Waals surface area (Å²) in [5, 5.41) is 3.83. The number of carbonyl (C=O) groups is 1. The minimum absolute atomic E-state index is 0.0714. The topological polar surface area (TPSA) is 69.2 Å². The SMILES string of the molecule is CCCCOc1ccc(/C=N/NC(=O)c2ccc(OC(F)(F)C(F)F)cc2)cc1OC. The van der Waals surface area contributed by atoms with Crippen LogP contribution in [0, 0.1) is 0 Å². The van der Waals surface area contributed by atoms with Crippen LogP contribution in [0.15, 0.2) is 47.6 Å². The maximum absolute atomic E-state index is 12.9. The summed E-state index contributed by atoms with van der Waals surface area (Å²) in [4.78, 5) is 12.1. The van der Waals surface area contributed by atoms with Crippen LogP contribution in [-0.2, 0) is 0 Å². The third kappa shape index (κ3) is 7.16. The fourth-order valence-electron chi connectivity index (χ4n) is 2.32. The first-order valence-electron chi connectivity index (χ1n) is 9.36. The summed E-state index contributed by atoms with van der Waals surface area (Å²) in [5.74, 6) is -0.0203. The van der Waals surface area contributed by atoms with E-state index >= 15 is 0 Å². The number of alkyl halides is 4. The third-order valence-electron chi connectivity index (χ3n) is 3.95. The molecule has 0 unspecified atom stereocenters. The van der Waals surface area contributed by atoms with Gasteiger partial charge in [0.25, 0.3) is 5.91 Å². The van der Waals surface area contributed by atoms with Crippen molar-refractivity contribution < 1.29 is 36.6 Å². The van der Waals surface area contributed by atoms with Crippen molar-refractivity contribution in [1.29, 1.82) is 0 Å². The molecular formula is C21H22F4N2O4. The number of halogens is 4. The first-order chi connectivity index (χ1) is 14.8. The van der Waals surface area contributed by atoms with Gasteiger partial charge in [0.1, 0.15) is 5.75 Å². The van der Waals surface area contributed by atoms with Crippen LogP contribution in [0.2, 0.25) is 0 Å². The number of ether oxygens (including phenoxy) is 3. The van der Waals surface area contributed by atoms with E-state index < -0.39 is 24.2 Å². The van der Waals surface area contributed by atoms with Crippen molar-refractivity contribution in [3.05, 3.63) is 53.6 Å². The van der Waals surface area contributed by atoms with Crippen LogP contribution in [0.1, 0.15) is 35.7 Å². The number of nitrogens with one attached hydrogen (secondary N) is 1. The van der Waals surface area contributed by atoms with E-state index in [0.717, 1.165) is 37.1 Å². The van der Waals surface area contributed by atoms with Gasteiger partial charge in [0.2, 0.25) is 0 Å². The summed E-state index contributed by atoms with van der Waals surface area (Å²) in [5.41, 5.74) is 2.99. The van der Waals surface area contributed by atoms with Crippen molar-refractivity contribution in [2.45, 2.75) is 32.3 Å². The number of nitrogens with zero attached hydrogens (tertiary/aromatic N) is 1. The molecule has 0 radical (unpaired) electrons. The molecule has 0 saturated carbocycles. The van der Waals surface area contributed by atoms with Crippen molar-refractivity contribution in [2.75, 3.05) is 13.7 Å². The molecule has 0 bridgehead atoms. The van der Waals surface area contributed by atoms with E-state index in [4.69, 9.17) is 9.47 Å². The number of unbranched alkanes of at least 4 members (excludes halogenated alkanes) is 1. The summed E-state index contributed by atoms with van der Waals surface area (Å²) in [6.07, 6.45) is -5.28. The lowest BCUT2D eigenvalue weighted by Gasteiger charge is -2.16. The van der Waals surface area contributed by atoms with Gasteiger partial charge in [-0.05, 0) is 54.4 Å². The Kier molecular flexibility index (Phi) is 8.65. The molecule has 2 aromatic carbocycles. The Labute approximate surface area is 176 Å². The van der Waals surface area contributed by atoms with E-state index in [1.54, 1.807) is 18.2 Å². The van der Waals surface area contributed by atoms with E-state index in [2.05, 4.69) is 22.2 Å². The van der Waals surface area contributed by atoms with Crippen molar-refractivity contribution in [2.24, 2.45) is 5.10 Å². The lowest BCUT2D eigenvalue weighted by atomic mass is 10.2. The van der Waals surface area contributed by atoms with E-state index in [1.165, 1.54) is 13.3 Å². The van der Waals surface area contributed by atoms with Gasteiger partial charge in [-0.2, -0.15) is 22.7 Å². The van der Waals surface area contributed by atoms with Crippen LogP contribution in [0.3, 0.4) is 0 Å². The Balaban J connectivity index is 1.96. The molecule has 1 N–H and O–H groups in total. The minimum Gasteiger partial charge on any atom is -0.493 e. The molecule has 0 aliphatic heterocycles. The number of rotatable bonds is 11. The number of carbonyl (C=O) groups excluding carboxylic acids is 1. The lowest BCUT2D eigenvalue weighted by Crippen LogP contribution is -2.33. The van der Waals surface area contributed by atoms with Crippen molar-refractivity contribution in [3.8, 4) is 17.2 Å². The van der Waals surface area contributed by atoms with Crippen molar-refractivity contribution >= 4 is 12.1 Å². The molecule has 31 heavy (non-hydrogen) atoms. The highest BCUT2D eigenvalue weighted by Crippen LogP contribution is 2.28. The molecule has 1 amide bonds. The summed E-state index contributed by atoms with van der Waals surface area (Å²) in [6.45, 7) is 2.63. The van der Waals surface area contributed by atoms with Gasteiger partial charge >= 0.3 is 12.5 Å². The fraction of sp³-hybridized carbons (Fsp3) is 0.333. The molecule has 168 valence electrons. The van der Waals surface area contributed by atoms with Gasteiger partial charge in [-0.25, -0.2) is 5.43 Å². The highest BCUT2D eigenvalue weighted by molar-refractivity contribution is 5.95. The van der Waals surface area contributed by atoms with Crippen molar-refractivity contribution in [3.63, 3.8) is 0 Å². The van der Waals surface area contributed by atoms with Gasteiger partial charge in [0, 0.05) is 5.56 Å². The Morgan fingerprint density at radius 1 is 1.16 bits per heavy atom. The largest absolute Gasteiger partial charge is 0.493 e. The van der Waals surface area contributed by atoms with Crippen LogP contribution >= 0.6 is 0 Å². The van der Waals surface area contributed by atoms with E-state index in [0.29, 0.717) is 23.7 Å². The molecule has 0 aliphatic carbocycles. The van der Waals surface area contributed by atoms with Gasteiger partial charge in [0.05, 0.1) is 19.9 Å². The average Bonchev–Trinajstić information content (AvgIpc) is 2.74. The Bertz CT molecular complexity index is 889. The van der Waals surface area contributed by atoms with Gasteiger partial charge in [-0.15, -0.1) is 0 Å². The van der Waals surface area contributed by atoms with Crippen LogP contribution < -0.4 is 19.6 Å². The second-order valence-corrected chi connectivity index (χ2v) is 6.30. The molecular weight excluding hydrogens is 420 g/mol. The predicted molar refractivity (Wildman–Crippen MR) is 106 cm³/mol. The Hall–Kier alpha value is -3.30. The summed E-state index contributed by atoms with van der Waals surface area (Å²) >= 11 is 0. The first kappa shape index (κ1) is 24.0. The smallest absolute Gasteiger partial charge is 0.461 e. The van der Waals surface area contributed by atoms with E-state index in [-0.39, 0.29) is 5.56 Å². The maximum Gasteiger partial charge on any atom is 0.461 e. The number of benzene rings is 2. The van der Waals surface area contributed by atoms with Crippen molar-refractivity contribution in [1.82, 2.24) is 5.43 Å². The maximum atomic E-state index is 12.9. The number of methoxy groups -OCH3 is 1. The molecule has 0 spiro atoms. The molecule has 2 rings (SSSR count). The van der Waals surface area contributed by atoms with Gasteiger partial charge in [0.15, 0.2) is 11.5 Å². The molecule has 0 heterocycles. The van der Waals surface area contributed by atoms with Crippen LogP contribution in [-0.4, -0.2) is 38.4 Å². The normalized spacial score (nSPS) is 11.6. The standard InChI is InChI=1S/C21H22F4N2O4/c1-3-4-11-30-17-10-5-14(12-18(17)29-2)13-26-27-19(28)15-6-8-16(9-7-15)31-21(24,25)20(22)23/h5-10,12-13,20H,3-4,11H2,1-2H3,(H,27,28)/b26-13+. The first-order valence-corrected chi connectivity index (χ1v) is 9.36. The Morgan fingerprint density at radius 2 is 1.87 bits per heavy atom. The quantitative estimate of drug-likeness (QED) is 0.233.